The number of para-hydroxylation sites is 1. The van der Waals surface area contributed by atoms with Crippen molar-refractivity contribution < 1.29 is 18.7 Å². The molecule has 0 aromatic heterocycles. The molecule has 1 N–H and O–H groups in total. The minimum Gasteiger partial charge on any atom is -0.452 e. The Bertz CT molecular complexity index is 797. The minimum absolute atomic E-state index is 0.0675. The molecule has 0 bridgehead atoms. The van der Waals surface area contributed by atoms with Crippen molar-refractivity contribution >= 4 is 29.3 Å². The van der Waals surface area contributed by atoms with Gasteiger partial charge in [-0.2, -0.15) is 0 Å². The van der Waals surface area contributed by atoms with Crippen LogP contribution in [0.4, 0.5) is 10.1 Å². The summed E-state index contributed by atoms with van der Waals surface area (Å²) >= 11 is 1.04. The summed E-state index contributed by atoms with van der Waals surface area (Å²) in [4.78, 5) is 24.7. The number of thioether (sulfide) groups is 1. The molecule has 0 aliphatic rings. The van der Waals surface area contributed by atoms with E-state index in [0.29, 0.717) is 10.8 Å². The maximum atomic E-state index is 13.6. The van der Waals surface area contributed by atoms with Gasteiger partial charge in [0.15, 0.2) is 6.10 Å². The van der Waals surface area contributed by atoms with Crippen LogP contribution in [0.2, 0.25) is 0 Å². The Labute approximate surface area is 163 Å². The Morgan fingerprint density at radius 3 is 2.48 bits per heavy atom. The average Bonchev–Trinajstić information content (AvgIpc) is 2.67. The van der Waals surface area contributed by atoms with Gasteiger partial charge in [0.1, 0.15) is 5.82 Å². The number of hydrogen-bond donors (Lipinski definition) is 1. The van der Waals surface area contributed by atoms with Crippen molar-refractivity contribution in [2.75, 3.05) is 11.1 Å². The zero-order valence-electron chi connectivity index (χ0n) is 15.7. The molecule has 4 nitrogen and oxygen atoms in total. The number of nitrogens with one attached hydrogen (secondary N) is 1. The molecular formula is C21H24FNO3S. The summed E-state index contributed by atoms with van der Waals surface area (Å²) in [5.74, 6) is -1.11. The Morgan fingerprint density at radius 2 is 1.78 bits per heavy atom. The SMILES string of the molecule is CC[C@@H](C)c1ccccc1NC(=O)[C@H](C)OC(=O)CSc1ccccc1F. The highest BCUT2D eigenvalue weighted by molar-refractivity contribution is 8.00. The zero-order valence-corrected chi connectivity index (χ0v) is 16.5. The molecule has 0 heterocycles. The summed E-state index contributed by atoms with van der Waals surface area (Å²) in [6.07, 6.45) is 0.00809. The van der Waals surface area contributed by atoms with Crippen LogP contribution < -0.4 is 5.32 Å². The van der Waals surface area contributed by atoms with Crippen molar-refractivity contribution in [3.05, 3.63) is 59.9 Å². The molecule has 0 unspecified atom stereocenters. The molecule has 2 aromatic rings. The van der Waals surface area contributed by atoms with Crippen LogP contribution >= 0.6 is 11.8 Å². The first-order valence-corrected chi connectivity index (χ1v) is 9.87. The van der Waals surface area contributed by atoms with Crippen LogP contribution in [0.1, 0.15) is 38.7 Å². The number of carbonyl (C=O) groups is 2. The maximum absolute atomic E-state index is 13.6. The third-order valence-corrected chi connectivity index (χ3v) is 5.24. The number of anilines is 1. The summed E-state index contributed by atoms with van der Waals surface area (Å²) in [6, 6.07) is 13.8. The van der Waals surface area contributed by atoms with E-state index in [2.05, 4.69) is 19.2 Å². The van der Waals surface area contributed by atoms with Gasteiger partial charge < -0.3 is 10.1 Å². The van der Waals surface area contributed by atoms with Gasteiger partial charge in [-0.1, -0.05) is 44.2 Å². The topological polar surface area (TPSA) is 55.4 Å². The van der Waals surface area contributed by atoms with Crippen molar-refractivity contribution in [1.29, 1.82) is 0 Å². The fourth-order valence-corrected chi connectivity index (χ4v) is 3.20. The van der Waals surface area contributed by atoms with Crippen LogP contribution in [-0.4, -0.2) is 23.7 Å². The second-order valence-electron chi connectivity index (χ2n) is 6.24. The molecule has 0 aliphatic heterocycles. The van der Waals surface area contributed by atoms with Crippen LogP contribution in [-0.2, 0) is 14.3 Å². The second-order valence-corrected chi connectivity index (χ2v) is 7.25. The first-order valence-electron chi connectivity index (χ1n) is 8.89. The lowest BCUT2D eigenvalue weighted by atomic mass is 9.97. The van der Waals surface area contributed by atoms with E-state index in [-0.39, 0.29) is 11.6 Å². The zero-order chi connectivity index (χ0) is 19.8. The number of carbonyl (C=O) groups excluding carboxylic acids is 2. The van der Waals surface area contributed by atoms with Gasteiger partial charge in [0.05, 0.1) is 5.75 Å². The van der Waals surface area contributed by atoms with E-state index in [4.69, 9.17) is 4.74 Å². The summed E-state index contributed by atoms with van der Waals surface area (Å²) in [5, 5.41) is 2.83. The fraction of sp³-hybridized carbons (Fsp3) is 0.333. The molecule has 2 atom stereocenters. The molecule has 0 saturated carbocycles. The Morgan fingerprint density at radius 1 is 1.11 bits per heavy atom. The molecule has 0 saturated heterocycles. The van der Waals surface area contributed by atoms with Crippen LogP contribution in [0, 0.1) is 5.82 Å². The number of amides is 1. The fourth-order valence-electron chi connectivity index (χ4n) is 2.48. The quantitative estimate of drug-likeness (QED) is 0.510. The van der Waals surface area contributed by atoms with Gasteiger partial charge in [-0.25, -0.2) is 4.39 Å². The lowest BCUT2D eigenvalue weighted by molar-refractivity contribution is -0.150. The monoisotopic (exact) mass is 389 g/mol. The van der Waals surface area contributed by atoms with E-state index < -0.39 is 18.0 Å². The minimum atomic E-state index is -0.941. The van der Waals surface area contributed by atoms with Gasteiger partial charge in [-0.15, -0.1) is 11.8 Å². The molecular weight excluding hydrogens is 365 g/mol. The summed E-state index contributed by atoms with van der Waals surface area (Å²) in [7, 11) is 0. The summed E-state index contributed by atoms with van der Waals surface area (Å²) < 4.78 is 18.7. The van der Waals surface area contributed by atoms with Crippen molar-refractivity contribution in [2.24, 2.45) is 0 Å². The van der Waals surface area contributed by atoms with Gasteiger partial charge in [-0.3, -0.25) is 9.59 Å². The number of esters is 1. The van der Waals surface area contributed by atoms with E-state index in [1.54, 1.807) is 18.2 Å². The largest absolute Gasteiger partial charge is 0.452 e. The second kappa shape index (κ2) is 10.1. The number of rotatable bonds is 8. The number of benzene rings is 2. The summed E-state index contributed by atoms with van der Waals surface area (Å²) in [5.41, 5.74) is 1.77. The normalized spacial score (nSPS) is 12.9. The Hall–Kier alpha value is -2.34. The standard InChI is InChI=1S/C21H24FNO3S/c1-4-14(2)16-9-5-7-11-18(16)23-21(25)15(3)26-20(24)13-27-19-12-8-6-10-17(19)22/h5-12,14-15H,4,13H2,1-3H3,(H,23,25)/t14-,15+/m1/s1. The van der Waals surface area contributed by atoms with E-state index in [1.165, 1.54) is 13.0 Å². The Balaban J connectivity index is 1.90. The van der Waals surface area contributed by atoms with Gasteiger partial charge in [0.25, 0.3) is 5.91 Å². The van der Waals surface area contributed by atoms with Crippen molar-refractivity contribution in [3.63, 3.8) is 0 Å². The first kappa shape index (κ1) is 21.0. The third-order valence-electron chi connectivity index (χ3n) is 4.22. The van der Waals surface area contributed by atoms with Crippen molar-refractivity contribution in [1.82, 2.24) is 0 Å². The predicted molar refractivity (Wildman–Crippen MR) is 106 cm³/mol. The van der Waals surface area contributed by atoms with Crippen LogP contribution in [0.25, 0.3) is 0 Å². The third kappa shape index (κ3) is 6.10. The molecule has 0 aliphatic carbocycles. The molecule has 0 spiro atoms. The molecule has 2 aromatic carbocycles. The van der Waals surface area contributed by atoms with Crippen molar-refractivity contribution in [3.8, 4) is 0 Å². The molecule has 144 valence electrons. The van der Waals surface area contributed by atoms with E-state index >= 15 is 0 Å². The van der Waals surface area contributed by atoms with Crippen LogP contribution in [0.5, 0.6) is 0 Å². The van der Waals surface area contributed by atoms with Gasteiger partial charge >= 0.3 is 5.97 Å². The Kier molecular flexibility index (Phi) is 7.85. The van der Waals surface area contributed by atoms with Gasteiger partial charge in [-0.05, 0) is 43.0 Å². The van der Waals surface area contributed by atoms with Crippen LogP contribution in [0.3, 0.4) is 0 Å². The van der Waals surface area contributed by atoms with E-state index in [1.807, 2.05) is 24.3 Å². The predicted octanol–water partition coefficient (Wildman–Crippen LogP) is 5.00. The van der Waals surface area contributed by atoms with Crippen LogP contribution in [0.15, 0.2) is 53.4 Å². The summed E-state index contributed by atoms with van der Waals surface area (Å²) in [6.45, 7) is 5.70. The highest BCUT2D eigenvalue weighted by Crippen LogP contribution is 2.26. The van der Waals surface area contributed by atoms with E-state index in [9.17, 15) is 14.0 Å². The number of ether oxygens (including phenoxy) is 1. The molecule has 27 heavy (non-hydrogen) atoms. The lowest BCUT2D eigenvalue weighted by Gasteiger charge is -2.18. The van der Waals surface area contributed by atoms with Gasteiger partial charge in [0, 0.05) is 10.6 Å². The maximum Gasteiger partial charge on any atom is 0.317 e. The first-order chi connectivity index (χ1) is 12.9. The lowest BCUT2D eigenvalue weighted by Crippen LogP contribution is -2.31. The molecule has 0 radical (unpaired) electrons. The highest BCUT2D eigenvalue weighted by Gasteiger charge is 2.20. The van der Waals surface area contributed by atoms with E-state index in [0.717, 1.165) is 29.4 Å². The van der Waals surface area contributed by atoms with Gasteiger partial charge in [0.2, 0.25) is 0 Å². The highest BCUT2D eigenvalue weighted by atomic mass is 32.2. The number of hydrogen-bond acceptors (Lipinski definition) is 4. The smallest absolute Gasteiger partial charge is 0.317 e. The average molecular weight is 389 g/mol. The molecule has 6 heteroatoms. The molecule has 1 amide bonds. The molecule has 0 fully saturated rings. The van der Waals surface area contributed by atoms with Crippen molar-refractivity contribution in [2.45, 2.75) is 44.1 Å². The number of halogens is 1. The molecule has 2 rings (SSSR count).